The van der Waals surface area contributed by atoms with Gasteiger partial charge in [-0.3, -0.25) is 0 Å². The zero-order valence-corrected chi connectivity index (χ0v) is 10.9. The Morgan fingerprint density at radius 1 is 1.00 bits per heavy atom. The number of nitrogens with two attached hydrogens (primary N) is 1. The van der Waals surface area contributed by atoms with Crippen molar-refractivity contribution in [3.8, 4) is 11.5 Å². The van der Waals surface area contributed by atoms with Gasteiger partial charge in [0.1, 0.15) is 19.0 Å². The molecule has 0 aliphatic carbocycles. The van der Waals surface area contributed by atoms with Crippen molar-refractivity contribution in [2.24, 2.45) is 0 Å². The summed E-state index contributed by atoms with van der Waals surface area (Å²) in [4.78, 5) is 0. The Balaban J connectivity index is 1.86. The first-order chi connectivity index (χ1) is 9.18. The average Bonchev–Trinajstić information content (AvgIpc) is 2.39. The lowest BCUT2D eigenvalue weighted by Gasteiger charge is -2.11. The summed E-state index contributed by atoms with van der Waals surface area (Å²) < 4.78 is 24.1. The lowest BCUT2D eigenvalue weighted by molar-refractivity contribution is 0.212. The van der Waals surface area contributed by atoms with Crippen molar-refractivity contribution in [3.63, 3.8) is 0 Å². The molecule has 0 fully saturated rings. The van der Waals surface area contributed by atoms with Crippen molar-refractivity contribution in [3.05, 3.63) is 53.3 Å². The highest BCUT2D eigenvalue weighted by atomic mass is 35.5. The molecule has 5 heteroatoms. The normalized spacial score (nSPS) is 10.2. The van der Waals surface area contributed by atoms with E-state index in [0.29, 0.717) is 11.4 Å². The number of ether oxygens (including phenoxy) is 2. The molecule has 2 aromatic carbocycles. The molecule has 100 valence electrons. The Morgan fingerprint density at radius 2 is 1.74 bits per heavy atom. The maximum Gasteiger partial charge on any atom is 0.173 e. The molecule has 2 N–H and O–H groups in total. The van der Waals surface area contributed by atoms with Gasteiger partial charge in [-0.2, -0.15) is 0 Å². The first-order valence-corrected chi connectivity index (χ1v) is 6.10. The minimum absolute atomic E-state index is 0.0359. The van der Waals surface area contributed by atoms with Crippen LogP contribution in [0.3, 0.4) is 0 Å². The topological polar surface area (TPSA) is 44.5 Å². The smallest absolute Gasteiger partial charge is 0.173 e. The molecule has 0 saturated carbocycles. The first kappa shape index (κ1) is 13.5. The molecule has 0 spiro atoms. The van der Waals surface area contributed by atoms with E-state index in [1.165, 1.54) is 12.1 Å². The molecule has 19 heavy (non-hydrogen) atoms. The summed E-state index contributed by atoms with van der Waals surface area (Å²) in [6.07, 6.45) is 0. The molecule has 0 bridgehead atoms. The Hall–Kier alpha value is -1.94. The Morgan fingerprint density at radius 3 is 2.47 bits per heavy atom. The molecule has 2 aromatic rings. The lowest BCUT2D eigenvalue weighted by Crippen LogP contribution is -2.10. The average molecular weight is 282 g/mol. The molecule has 0 heterocycles. The summed E-state index contributed by atoms with van der Waals surface area (Å²) in [7, 11) is 0. The van der Waals surface area contributed by atoms with Crippen LogP contribution in [0.25, 0.3) is 0 Å². The van der Waals surface area contributed by atoms with Gasteiger partial charge in [0.15, 0.2) is 11.6 Å². The summed E-state index contributed by atoms with van der Waals surface area (Å²) in [5.41, 5.74) is 6.26. The van der Waals surface area contributed by atoms with Crippen molar-refractivity contribution in [1.82, 2.24) is 0 Å². The van der Waals surface area contributed by atoms with Gasteiger partial charge in [-0.25, -0.2) is 4.39 Å². The largest absolute Gasteiger partial charge is 0.488 e. The number of anilines is 1. The zero-order chi connectivity index (χ0) is 13.7. The lowest BCUT2D eigenvalue weighted by atomic mass is 10.3. The Labute approximate surface area is 115 Å². The quantitative estimate of drug-likeness (QED) is 0.674. The van der Waals surface area contributed by atoms with E-state index in [1.54, 1.807) is 18.2 Å². The summed E-state index contributed by atoms with van der Waals surface area (Å²) in [6, 6.07) is 11.5. The van der Waals surface area contributed by atoms with Gasteiger partial charge < -0.3 is 15.2 Å². The summed E-state index contributed by atoms with van der Waals surface area (Å²) in [6.45, 7) is 0.424. The third-order valence-electron chi connectivity index (χ3n) is 2.43. The maximum absolute atomic E-state index is 13.4. The minimum atomic E-state index is -0.494. The highest BCUT2D eigenvalue weighted by Crippen LogP contribution is 2.27. The second-order valence-corrected chi connectivity index (χ2v) is 4.19. The van der Waals surface area contributed by atoms with Crippen LogP contribution in [0.1, 0.15) is 0 Å². The summed E-state index contributed by atoms with van der Waals surface area (Å²) >= 11 is 5.82. The van der Waals surface area contributed by atoms with Gasteiger partial charge in [-0.15, -0.1) is 0 Å². The van der Waals surface area contributed by atoms with E-state index in [0.717, 1.165) is 0 Å². The van der Waals surface area contributed by atoms with Crippen molar-refractivity contribution in [2.75, 3.05) is 18.9 Å². The minimum Gasteiger partial charge on any atom is -0.488 e. The third kappa shape index (κ3) is 3.51. The summed E-state index contributed by atoms with van der Waals surface area (Å²) in [5, 5.41) is 0.235. The molecule has 0 atom stereocenters. The van der Waals surface area contributed by atoms with E-state index in [4.69, 9.17) is 26.8 Å². The number of rotatable bonds is 5. The molecule has 0 amide bonds. The number of hydrogen-bond donors (Lipinski definition) is 1. The number of para-hydroxylation sites is 3. The van der Waals surface area contributed by atoms with E-state index in [2.05, 4.69) is 0 Å². The summed E-state index contributed by atoms with van der Waals surface area (Å²) in [5.74, 6) is 0.117. The fourth-order valence-corrected chi connectivity index (χ4v) is 1.75. The second kappa shape index (κ2) is 6.29. The van der Waals surface area contributed by atoms with Crippen LogP contribution < -0.4 is 15.2 Å². The third-order valence-corrected chi connectivity index (χ3v) is 2.72. The highest BCUT2D eigenvalue weighted by molar-refractivity contribution is 6.32. The van der Waals surface area contributed by atoms with Gasteiger partial charge >= 0.3 is 0 Å². The highest BCUT2D eigenvalue weighted by Gasteiger charge is 2.07. The van der Waals surface area contributed by atoms with Crippen LogP contribution in [-0.2, 0) is 0 Å². The molecular formula is C14H13ClFNO2. The Bertz CT molecular complexity index is 543. The molecular weight excluding hydrogens is 269 g/mol. The second-order valence-electron chi connectivity index (χ2n) is 3.79. The van der Waals surface area contributed by atoms with E-state index >= 15 is 0 Å². The van der Waals surface area contributed by atoms with Gasteiger partial charge in [-0.05, 0) is 24.3 Å². The fourth-order valence-electron chi connectivity index (χ4n) is 1.53. The van der Waals surface area contributed by atoms with Crippen LogP contribution in [0.4, 0.5) is 10.1 Å². The van der Waals surface area contributed by atoms with Crippen LogP contribution in [0, 0.1) is 5.82 Å². The molecule has 0 aliphatic rings. The van der Waals surface area contributed by atoms with Crippen LogP contribution in [0.2, 0.25) is 5.02 Å². The van der Waals surface area contributed by atoms with Crippen LogP contribution in [-0.4, -0.2) is 13.2 Å². The van der Waals surface area contributed by atoms with E-state index in [1.807, 2.05) is 12.1 Å². The number of halogens is 2. The van der Waals surface area contributed by atoms with Crippen LogP contribution in [0.5, 0.6) is 11.5 Å². The predicted molar refractivity (Wildman–Crippen MR) is 73.3 cm³/mol. The standard InChI is InChI=1S/C14H13ClFNO2/c15-10-4-3-5-11(16)14(10)19-9-8-18-13-7-2-1-6-12(13)17/h1-7H,8-9,17H2. The van der Waals surface area contributed by atoms with Gasteiger partial charge in [0.25, 0.3) is 0 Å². The van der Waals surface area contributed by atoms with E-state index < -0.39 is 5.82 Å². The number of benzene rings is 2. The molecule has 0 unspecified atom stereocenters. The maximum atomic E-state index is 13.4. The van der Waals surface area contributed by atoms with Crippen molar-refractivity contribution < 1.29 is 13.9 Å². The van der Waals surface area contributed by atoms with E-state index in [-0.39, 0.29) is 24.0 Å². The Kier molecular flexibility index (Phi) is 4.47. The molecule has 0 aliphatic heterocycles. The predicted octanol–water partition coefficient (Wildman–Crippen LogP) is 3.52. The monoisotopic (exact) mass is 281 g/mol. The fraction of sp³-hybridized carbons (Fsp3) is 0.143. The number of hydrogen-bond acceptors (Lipinski definition) is 3. The van der Waals surface area contributed by atoms with Gasteiger partial charge in [-0.1, -0.05) is 29.8 Å². The molecule has 2 rings (SSSR count). The van der Waals surface area contributed by atoms with Gasteiger partial charge in [0.2, 0.25) is 0 Å². The van der Waals surface area contributed by atoms with Crippen LogP contribution >= 0.6 is 11.6 Å². The molecule has 0 radical (unpaired) electrons. The van der Waals surface area contributed by atoms with Gasteiger partial charge in [0, 0.05) is 0 Å². The molecule has 0 aromatic heterocycles. The first-order valence-electron chi connectivity index (χ1n) is 5.72. The molecule has 0 saturated heterocycles. The van der Waals surface area contributed by atoms with Crippen LogP contribution in [0.15, 0.2) is 42.5 Å². The zero-order valence-electron chi connectivity index (χ0n) is 10.1. The van der Waals surface area contributed by atoms with Crippen molar-refractivity contribution in [1.29, 1.82) is 0 Å². The van der Waals surface area contributed by atoms with Crippen molar-refractivity contribution in [2.45, 2.75) is 0 Å². The van der Waals surface area contributed by atoms with Gasteiger partial charge in [0.05, 0.1) is 10.7 Å². The number of nitrogen functional groups attached to an aromatic ring is 1. The van der Waals surface area contributed by atoms with Crippen molar-refractivity contribution >= 4 is 17.3 Å². The molecule has 3 nitrogen and oxygen atoms in total. The van der Waals surface area contributed by atoms with E-state index in [9.17, 15) is 4.39 Å². The SMILES string of the molecule is Nc1ccccc1OCCOc1c(F)cccc1Cl.